The molecule has 8 aromatic carbocycles. The number of hydrogen-bond donors (Lipinski definition) is 0. The summed E-state index contributed by atoms with van der Waals surface area (Å²) in [6.45, 7) is 0. The molecular weight excluding hydrogens is 675 g/mol. The maximum absolute atomic E-state index is 6.49. The van der Waals surface area contributed by atoms with Crippen molar-refractivity contribution in [2.45, 2.75) is 0 Å². The molecule has 0 aliphatic heterocycles. The van der Waals surface area contributed by atoms with Crippen molar-refractivity contribution in [3.05, 3.63) is 176 Å². The van der Waals surface area contributed by atoms with Crippen LogP contribution >= 0.6 is 0 Å². The molecule has 0 amide bonds. The first kappa shape index (κ1) is 30.0. The molecule has 0 radical (unpaired) electrons. The minimum Gasteiger partial charge on any atom is -0.456 e. The molecule has 4 heterocycles. The summed E-state index contributed by atoms with van der Waals surface area (Å²) >= 11 is 0. The zero-order valence-corrected chi connectivity index (χ0v) is 29.4. The Bertz CT molecular complexity index is 3450. The van der Waals surface area contributed by atoms with Crippen molar-refractivity contribution in [3.63, 3.8) is 0 Å². The van der Waals surface area contributed by atoms with Crippen molar-refractivity contribution < 1.29 is 8.83 Å². The maximum Gasteiger partial charge on any atom is 0.235 e. The van der Waals surface area contributed by atoms with Gasteiger partial charge in [0.2, 0.25) is 5.95 Å². The smallest absolute Gasteiger partial charge is 0.235 e. The third-order valence-corrected chi connectivity index (χ3v) is 11.0. The molecule has 0 saturated carbocycles. The predicted molar refractivity (Wildman–Crippen MR) is 225 cm³/mol. The molecule has 12 aromatic rings. The SMILES string of the molecule is c1ccc(-c2nc(-n3c4ccccc4c4ccccc43)nc3cc(-c4cccc5oc6ccc(-c7ccc8oc9ccccc9c8c7)cc6c45)ccc23)cc1. The summed E-state index contributed by atoms with van der Waals surface area (Å²) in [7, 11) is 0. The Morgan fingerprint density at radius 2 is 0.964 bits per heavy atom. The number of aromatic nitrogens is 3. The fourth-order valence-corrected chi connectivity index (χ4v) is 8.49. The zero-order chi connectivity index (χ0) is 36.0. The van der Waals surface area contributed by atoms with Gasteiger partial charge in [0, 0.05) is 43.3 Å². The molecule has 5 heteroatoms. The average molecular weight is 704 g/mol. The lowest BCUT2D eigenvalue weighted by Gasteiger charge is -2.13. The molecule has 0 bridgehead atoms. The van der Waals surface area contributed by atoms with E-state index in [2.05, 4.69) is 162 Å². The molecule has 12 rings (SSSR count). The minimum absolute atomic E-state index is 0.639. The Morgan fingerprint density at radius 3 is 1.75 bits per heavy atom. The lowest BCUT2D eigenvalue weighted by Crippen LogP contribution is -2.03. The average Bonchev–Trinajstić information content (AvgIpc) is 3.92. The van der Waals surface area contributed by atoms with Gasteiger partial charge < -0.3 is 8.83 Å². The second-order valence-electron chi connectivity index (χ2n) is 14.1. The highest BCUT2D eigenvalue weighted by Crippen LogP contribution is 2.41. The molecule has 0 fully saturated rings. The van der Waals surface area contributed by atoms with Crippen molar-refractivity contribution in [2.75, 3.05) is 0 Å². The molecule has 256 valence electrons. The van der Waals surface area contributed by atoms with Gasteiger partial charge in [-0.2, -0.15) is 0 Å². The van der Waals surface area contributed by atoms with Gasteiger partial charge in [0.25, 0.3) is 0 Å². The van der Waals surface area contributed by atoms with Gasteiger partial charge in [-0.25, -0.2) is 9.97 Å². The second-order valence-corrected chi connectivity index (χ2v) is 14.1. The Hall–Kier alpha value is -7.50. The van der Waals surface area contributed by atoms with Crippen LogP contribution in [0.2, 0.25) is 0 Å². The normalized spacial score (nSPS) is 12.0. The van der Waals surface area contributed by atoms with Crippen LogP contribution in [0, 0.1) is 0 Å². The zero-order valence-electron chi connectivity index (χ0n) is 29.4. The molecule has 0 spiro atoms. The lowest BCUT2D eigenvalue weighted by atomic mass is 9.96. The van der Waals surface area contributed by atoms with Crippen LogP contribution in [0.15, 0.2) is 185 Å². The lowest BCUT2D eigenvalue weighted by molar-refractivity contribution is 0.668. The number of para-hydroxylation sites is 3. The first-order valence-corrected chi connectivity index (χ1v) is 18.5. The van der Waals surface area contributed by atoms with Crippen molar-refractivity contribution in [1.82, 2.24) is 14.5 Å². The summed E-state index contributed by atoms with van der Waals surface area (Å²) in [5.74, 6) is 0.639. The third-order valence-electron chi connectivity index (χ3n) is 11.0. The van der Waals surface area contributed by atoms with E-state index in [1.165, 1.54) is 10.8 Å². The summed E-state index contributed by atoms with van der Waals surface area (Å²) in [4.78, 5) is 10.6. The molecule has 0 unspecified atom stereocenters. The monoisotopic (exact) mass is 703 g/mol. The largest absolute Gasteiger partial charge is 0.456 e. The van der Waals surface area contributed by atoms with Gasteiger partial charge in [-0.3, -0.25) is 4.57 Å². The molecule has 0 saturated heterocycles. The molecular formula is C50H29N3O2. The number of rotatable bonds is 4. The van der Waals surface area contributed by atoms with Gasteiger partial charge in [0.05, 0.1) is 22.2 Å². The van der Waals surface area contributed by atoms with Gasteiger partial charge in [-0.15, -0.1) is 0 Å². The van der Waals surface area contributed by atoms with Crippen LogP contribution in [0.3, 0.4) is 0 Å². The molecule has 0 N–H and O–H groups in total. The van der Waals surface area contributed by atoms with E-state index in [9.17, 15) is 0 Å². The van der Waals surface area contributed by atoms with Crippen LogP contribution in [-0.2, 0) is 0 Å². The van der Waals surface area contributed by atoms with Crippen molar-refractivity contribution in [2.24, 2.45) is 0 Å². The standard InChI is InChI=1S/C50H29N3O2/c1-2-11-30(12-3-1)49-38-24-21-33(29-41(38)51-50(52-49)53-42-17-7-4-13-35(42)36-14-5-8-18-43(36)53)34-16-10-20-47-48(34)40-28-32(23-26-46(40)55-47)31-22-25-45-39(27-31)37-15-6-9-19-44(37)54-45/h1-29H. The highest BCUT2D eigenvalue weighted by molar-refractivity contribution is 6.14. The first-order chi connectivity index (χ1) is 27.2. The van der Waals surface area contributed by atoms with Crippen LogP contribution in [-0.4, -0.2) is 14.5 Å². The van der Waals surface area contributed by atoms with E-state index in [1.807, 2.05) is 18.2 Å². The molecule has 55 heavy (non-hydrogen) atoms. The van der Waals surface area contributed by atoms with E-state index >= 15 is 0 Å². The van der Waals surface area contributed by atoms with E-state index in [0.717, 1.165) is 99.3 Å². The van der Waals surface area contributed by atoms with Gasteiger partial charge in [0.1, 0.15) is 22.3 Å². The highest BCUT2D eigenvalue weighted by atomic mass is 16.3. The predicted octanol–water partition coefficient (Wildman–Crippen LogP) is 13.5. The number of furan rings is 2. The Morgan fingerprint density at radius 1 is 0.364 bits per heavy atom. The van der Waals surface area contributed by atoms with Crippen LogP contribution in [0.1, 0.15) is 0 Å². The van der Waals surface area contributed by atoms with Crippen molar-refractivity contribution in [3.8, 4) is 39.5 Å². The van der Waals surface area contributed by atoms with E-state index < -0.39 is 0 Å². The number of benzene rings is 8. The molecule has 4 aromatic heterocycles. The fraction of sp³-hybridized carbons (Fsp3) is 0. The highest BCUT2D eigenvalue weighted by Gasteiger charge is 2.19. The molecule has 0 aliphatic carbocycles. The van der Waals surface area contributed by atoms with Gasteiger partial charge in [-0.05, 0) is 82.9 Å². The molecule has 0 aliphatic rings. The second kappa shape index (κ2) is 11.5. The fourth-order valence-electron chi connectivity index (χ4n) is 8.49. The first-order valence-electron chi connectivity index (χ1n) is 18.5. The summed E-state index contributed by atoms with van der Waals surface area (Å²) in [5.41, 5.74) is 12.8. The van der Waals surface area contributed by atoms with E-state index in [1.54, 1.807) is 0 Å². The third kappa shape index (κ3) is 4.53. The maximum atomic E-state index is 6.49. The topological polar surface area (TPSA) is 57.0 Å². The van der Waals surface area contributed by atoms with Crippen LogP contribution < -0.4 is 0 Å². The van der Waals surface area contributed by atoms with E-state index in [0.29, 0.717) is 5.95 Å². The van der Waals surface area contributed by atoms with E-state index in [4.69, 9.17) is 18.8 Å². The van der Waals surface area contributed by atoms with Crippen LogP contribution in [0.5, 0.6) is 0 Å². The number of fused-ring (bicyclic) bond motifs is 10. The van der Waals surface area contributed by atoms with Crippen LogP contribution in [0.4, 0.5) is 0 Å². The molecule has 5 nitrogen and oxygen atoms in total. The van der Waals surface area contributed by atoms with Crippen LogP contribution in [0.25, 0.3) is 116 Å². The number of hydrogen-bond acceptors (Lipinski definition) is 4. The van der Waals surface area contributed by atoms with Gasteiger partial charge in [0.15, 0.2) is 0 Å². The van der Waals surface area contributed by atoms with E-state index in [-0.39, 0.29) is 0 Å². The Labute approximate surface area is 314 Å². The Kier molecular flexibility index (Phi) is 6.27. The van der Waals surface area contributed by atoms with Gasteiger partial charge >= 0.3 is 0 Å². The summed E-state index contributed by atoms with van der Waals surface area (Å²) in [6, 6.07) is 61.4. The summed E-state index contributed by atoms with van der Waals surface area (Å²) in [6.07, 6.45) is 0. The quantitative estimate of drug-likeness (QED) is 0.183. The molecule has 0 atom stereocenters. The van der Waals surface area contributed by atoms with Crippen molar-refractivity contribution >= 4 is 76.6 Å². The van der Waals surface area contributed by atoms with Gasteiger partial charge in [-0.1, -0.05) is 115 Å². The Balaban J connectivity index is 1.07. The number of nitrogens with zero attached hydrogens (tertiary/aromatic N) is 3. The van der Waals surface area contributed by atoms with Crippen molar-refractivity contribution in [1.29, 1.82) is 0 Å². The summed E-state index contributed by atoms with van der Waals surface area (Å²) < 4.78 is 14.8. The minimum atomic E-state index is 0.639. The summed E-state index contributed by atoms with van der Waals surface area (Å²) in [5, 5.41) is 7.72.